The number of aldehydes is 1. The Balaban J connectivity index is 2.19. The summed E-state index contributed by atoms with van der Waals surface area (Å²) in [6.45, 7) is 5.07. The van der Waals surface area contributed by atoms with Crippen LogP contribution in [-0.2, 0) is 16.3 Å². The topological polar surface area (TPSA) is 48.0 Å². The summed E-state index contributed by atoms with van der Waals surface area (Å²) < 4.78 is 5.79. The number of rotatable bonds is 9. The van der Waals surface area contributed by atoms with Crippen LogP contribution in [0, 0.1) is 0 Å². The maximum Gasteiger partial charge on any atom is 0.153 e. The van der Waals surface area contributed by atoms with Crippen LogP contribution < -0.4 is 9.96 Å². The Morgan fingerprint density at radius 3 is 2.30 bits per heavy atom. The quantitative estimate of drug-likeness (QED) is 0.520. The highest BCUT2D eigenvalue weighted by Crippen LogP contribution is 2.26. The first-order chi connectivity index (χ1) is 11.3. The molecule has 0 aromatic heterocycles. The van der Waals surface area contributed by atoms with Gasteiger partial charge in [0.2, 0.25) is 0 Å². The van der Waals surface area contributed by atoms with Crippen molar-refractivity contribution in [2.24, 2.45) is 0 Å². The summed E-state index contributed by atoms with van der Waals surface area (Å²) >= 11 is 0. The van der Waals surface area contributed by atoms with E-state index in [-0.39, 0.29) is 0 Å². The lowest BCUT2D eigenvalue weighted by molar-refractivity contribution is -0.0817. The average molecular weight is 315 g/mol. The highest BCUT2D eigenvalue weighted by Gasteiger charge is 2.12. The van der Waals surface area contributed by atoms with Crippen LogP contribution in [0.3, 0.4) is 0 Å². The van der Waals surface area contributed by atoms with Crippen molar-refractivity contribution in [1.29, 1.82) is 0 Å². The first-order valence-electron chi connectivity index (χ1n) is 7.60. The van der Waals surface area contributed by atoms with E-state index in [4.69, 9.17) is 14.4 Å². The second-order valence-electron chi connectivity index (χ2n) is 4.71. The van der Waals surface area contributed by atoms with E-state index in [2.05, 4.69) is 0 Å². The van der Waals surface area contributed by atoms with E-state index in [1.165, 1.54) is 5.23 Å². The van der Waals surface area contributed by atoms with Crippen molar-refractivity contribution in [3.05, 3.63) is 59.7 Å². The van der Waals surface area contributed by atoms with E-state index < -0.39 is 0 Å². The summed E-state index contributed by atoms with van der Waals surface area (Å²) in [7, 11) is 0. The molecule has 0 N–H and O–H groups in total. The number of carbonyl (C=O) groups is 1. The Hall–Kier alpha value is -2.37. The molecule has 23 heavy (non-hydrogen) atoms. The summed E-state index contributed by atoms with van der Waals surface area (Å²) in [5, 5.41) is 1.34. The minimum atomic E-state index is 0.383. The molecular weight excluding hydrogens is 294 g/mol. The zero-order valence-corrected chi connectivity index (χ0v) is 13.4. The summed E-state index contributed by atoms with van der Waals surface area (Å²) in [6, 6.07) is 15.0. The van der Waals surface area contributed by atoms with Crippen LogP contribution in [-0.4, -0.2) is 19.5 Å². The van der Waals surface area contributed by atoms with Crippen molar-refractivity contribution in [1.82, 2.24) is 0 Å². The average Bonchev–Trinajstić information content (AvgIpc) is 2.60. The van der Waals surface area contributed by atoms with Gasteiger partial charge >= 0.3 is 0 Å². The maximum atomic E-state index is 11.2. The highest BCUT2D eigenvalue weighted by molar-refractivity contribution is 5.80. The van der Waals surface area contributed by atoms with Gasteiger partial charge in [0.1, 0.15) is 12.4 Å². The Kier molecular flexibility index (Phi) is 6.59. The predicted molar refractivity (Wildman–Crippen MR) is 88.3 cm³/mol. The van der Waals surface area contributed by atoms with E-state index in [1.54, 1.807) is 18.2 Å². The van der Waals surface area contributed by atoms with Gasteiger partial charge in [-0.1, -0.05) is 30.3 Å². The number of ether oxygens (including phenoxy) is 1. The molecule has 2 aromatic rings. The van der Waals surface area contributed by atoms with Gasteiger partial charge in [-0.2, -0.15) is 0 Å². The Morgan fingerprint density at radius 1 is 1.00 bits per heavy atom. The molecule has 0 aliphatic heterocycles. The Bertz CT molecular complexity index is 610. The molecule has 0 spiro atoms. The molecule has 0 saturated heterocycles. The van der Waals surface area contributed by atoms with Gasteiger partial charge in [0, 0.05) is 6.07 Å². The smallest absolute Gasteiger partial charge is 0.153 e. The molecule has 0 aliphatic carbocycles. The van der Waals surface area contributed by atoms with Crippen molar-refractivity contribution in [3.8, 4) is 5.75 Å². The fourth-order valence-corrected chi connectivity index (χ4v) is 2.02. The minimum absolute atomic E-state index is 0.383. The molecule has 0 fully saturated rings. The van der Waals surface area contributed by atoms with Crippen molar-refractivity contribution in [2.75, 3.05) is 18.4 Å². The first kappa shape index (κ1) is 17.0. The minimum Gasteiger partial charge on any atom is -0.488 e. The monoisotopic (exact) mass is 315 g/mol. The lowest BCUT2D eigenvalue weighted by Gasteiger charge is -2.22. The van der Waals surface area contributed by atoms with Crippen LogP contribution in [0.15, 0.2) is 48.5 Å². The molecule has 0 amide bonds. The molecule has 122 valence electrons. The molecule has 0 saturated carbocycles. The van der Waals surface area contributed by atoms with Gasteiger partial charge in [0.15, 0.2) is 6.29 Å². The van der Waals surface area contributed by atoms with E-state index >= 15 is 0 Å². The van der Waals surface area contributed by atoms with E-state index in [0.717, 1.165) is 11.8 Å². The van der Waals surface area contributed by atoms with Crippen LogP contribution in [0.1, 0.15) is 29.8 Å². The standard InChI is InChI=1S/C18H21NO4/c1-3-22-19(23-4-2)17-11-10-16(13-20)18(12-17)21-14-15-8-6-5-7-9-15/h5-13H,3-4,14H2,1-2H3. The molecule has 2 aromatic carbocycles. The molecule has 0 aliphatic rings. The largest absolute Gasteiger partial charge is 0.488 e. The SMILES string of the molecule is CCON(OCC)c1ccc(C=O)c(OCc2ccccc2)c1. The molecule has 5 heteroatoms. The molecule has 0 heterocycles. The summed E-state index contributed by atoms with van der Waals surface area (Å²) in [4.78, 5) is 22.1. The first-order valence-corrected chi connectivity index (χ1v) is 7.60. The predicted octanol–water partition coefficient (Wildman–Crippen LogP) is 3.79. The van der Waals surface area contributed by atoms with Crippen molar-refractivity contribution in [3.63, 3.8) is 0 Å². The number of hydrogen-bond acceptors (Lipinski definition) is 5. The second-order valence-corrected chi connectivity index (χ2v) is 4.71. The van der Waals surface area contributed by atoms with Crippen LogP contribution >= 0.6 is 0 Å². The number of nitrogens with zero attached hydrogens (tertiary/aromatic N) is 1. The Labute approximate surface area is 136 Å². The van der Waals surface area contributed by atoms with E-state index in [1.807, 2.05) is 44.2 Å². The summed E-state index contributed by atoms with van der Waals surface area (Å²) in [6.07, 6.45) is 0.774. The lowest BCUT2D eigenvalue weighted by atomic mass is 10.2. The zero-order chi connectivity index (χ0) is 16.5. The van der Waals surface area contributed by atoms with Crippen LogP contribution in [0.25, 0.3) is 0 Å². The summed E-state index contributed by atoms with van der Waals surface area (Å²) in [5.74, 6) is 0.491. The maximum absolute atomic E-state index is 11.2. The number of benzene rings is 2. The van der Waals surface area contributed by atoms with Gasteiger partial charge in [0.05, 0.1) is 24.5 Å². The number of carbonyl (C=O) groups excluding carboxylic acids is 1. The fraction of sp³-hybridized carbons (Fsp3) is 0.278. The van der Waals surface area contributed by atoms with Gasteiger partial charge in [-0.05, 0) is 31.5 Å². The third kappa shape index (κ3) is 4.81. The zero-order valence-electron chi connectivity index (χ0n) is 13.4. The van der Waals surface area contributed by atoms with E-state index in [0.29, 0.717) is 36.8 Å². The van der Waals surface area contributed by atoms with Gasteiger partial charge in [-0.25, -0.2) is 9.68 Å². The molecule has 5 nitrogen and oxygen atoms in total. The lowest BCUT2D eigenvalue weighted by Crippen LogP contribution is -2.24. The molecule has 0 bridgehead atoms. The van der Waals surface area contributed by atoms with Gasteiger partial charge in [0.25, 0.3) is 0 Å². The number of hydrogen-bond donors (Lipinski definition) is 0. The molecular formula is C18H21NO4. The molecule has 0 unspecified atom stereocenters. The molecule has 0 atom stereocenters. The fourth-order valence-electron chi connectivity index (χ4n) is 2.02. The van der Waals surface area contributed by atoms with Crippen molar-refractivity contribution in [2.45, 2.75) is 20.5 Å². The second kappa shape index (κ2) is 8.92. The third-order valence-electron chi connectivity index (χ3n) is 3.06. The van der Waals surface area contributed by atoms with Crippen molar-refractivity contribution >= 4 is 12.0 Å². The Morgan fingerprint density at radius 2 is 1.70 bits per heavy atom. The summed E-state index contributed by atoms with van der Waals surface area (Å²) in [5.41, 5.74) is 2.18. The van der Waals surface area contributed by atoms with Gasteiger partial charge in [-0.15, -0.1) is 5.23 Å². The van der Waals surface area contributed by atoms with Crippen LogP contribution in [0.5, 0.6) is 5.75 Å². The molecule has 2 rings (SSSR count). The van der Waals surface area contributed by atoms with Crippen LogP contribution in [0.2, 0.25) is 0 Å². The van der Waals surface area contributed by atoms with E-state index in [9.17, 15) is 4.79 Å². The normalized spacial score (nSPS) is 10.3. The van der Waals surface area contributed by atoms with Gasteiger partial charge in [-0.3, -0.25) is 4.79 Å². The number of anilines is 1. The highest BCUT2D eigenvalue weighted by atomic mass is 16.9. The van der Waals surface area contributed by atoms with Crippen LogP contribution in [0.4, 0.5) is 5.69 Å². The van der Waals surface area contributed by atoms with Gasteiger partial charge < -0.3 is 4.74 Å². The van der Waals surface area contributed by atoms with Crippen molar-refractivity contribution < 1.29 is 19.2 Å². The molecule has 0 radical (unpaired) electrons. The third-order valence-corrected chi connectivity index (χ3v) is 3.06.